The van der Waals surface area contributed by atoms with E-state index < -0.39 is 11.8 Å². The predicted octanol–water partition coefficient (Wildman–Crippen LogP) is 0.475. The van der Waals surface area contributed by atoms with Gasteiger partial charge in [-0.3, -0.25) is 4.79 Å². The average Bonchev–Trinajstić information content (AvgIpc) is 2.37. The van der Waals surface area contributed by atoms with Crippen LogP contribution in [0.3, 0.4) is 0 Å². The molecule has 0 unspecified atom stereocenters. The Morgan fingerprint density at radius 1 is 1.39 bits per heavy atom. The molecule has 0 radical (unpaired) electrons. The van der Waals surface area contributed by atoms with Crippen molar-refractivity contribution in [1.82, 2.24) is 0 Å². The Morgan fingerprint density at radius 3 is 2.72 bits per heavy atom. The number of ketones is 1. The van der Waals surface area contributed by atoms with Crippen molar-refractivity contribution < 1.29 is 24.2 Å². The molecule has 1 aromatic rings. The van der Waals surface area contributed by atoms with Crippen LogP contribution in [0.4, 0.5) is 0 Å². The van der Waals surface area contributed by atoms with Crippen LogP contribution in [0, 0.1) is 0 Å². The van der Waals surface area contributed by atoms with E-state index in [0.717, 1.165) is 0 Å². The van der Waals surface area contributed by atoms with Crippen LogP contribution in [0.5, 0.6) is 11.5 Å². The number of phenols is 1. The Balaban J connectivity index is 2.73. The number of aromatic hydroxyl groups is 1. The maximum absolute atomic E-state index is 11.4. The molecule has 0 aliphatic heterocycles. The summed E-state index contributed by atoms with van der Waals surface area (Å²) in [6, 6.07) is 4.09. The maximum atomic E-state index is 11.4. The van der Waals surface area contributed by atoms with E-state index in [2.05, 4.69) is 4.74 Å². The van der Waals surface area contributed by atoms with Crippen LogP contribution in [0.15, 0.2) is 18.2 Å². The third-order valence-corrected chi connectivity index (χ3v) is 2.12. The summed E-state index contributed by atoms with van der Waals surface area (Å²) in [5.41, 5.74) is 5.28. The van der Waals surface area contributed by atoms with Gasteiger partial charge < -0.3 is 20.3 Å². The van der Waals surface area contributed by atoms with Gasteiger partial charge in [0.15, 0.2) is 12.4 Å². The van der Waals surface area contributed by atoms with Crippen molar-refractivity contribution in [2.24, 2.45) is 5.73 Å². The minimum Gasteiger partial charge on any atom is -0.507 e. The fourth-order valence-electron chi connectivity index (χ4n) is 1.28. The minimum absolute atomic E-state index is 0.0684. The molecule has 98 valence electrons. The van der Waals surface area contributed by atoms with E-state index in [-0.39, 0.29) is 36.8 Å². The Morgan fingerprint density at radius 2 is 2.11 bits per heavy atom. The zero-order valence-corrected chi connectivity index (χ0v) is 10.0. The number of ether oxygens (including phenoxy) is 2. The van der Waals surface area contributed by atoms with Gasteiger partial charge in [-0.2, -0.15) is 0 Å². The van der Waals surface area contributed by atoms with Gasteiger partial charge in [-0.05, 0) is 25.1 Å². The summed E-state index contributed by atoms with van der Waals surface area (Å²) in [6.45, 7) is 1.49. The van der Waals surface area contributed by atoms with Gasteiger partial charge in [0.1, 0.15) is 11.5 Å². The molecule has 0 saturated heterocycles. The van der Waals surface area contributed by atoms with Crippen molar-refractivity contribution in [3.63, 3.8) is 0 Å². The molecule has 0 fully saturated rings. The molecule has 0 amide bonds. The lowest BCUT2D eigenvalue weighted by molar-refractivity contribution is -0.145. The van der Waals surface area contributed by atoms with E-state index in [9.17, 15) is 14.7 Å². The number of hydrogen-bond donors (Lipinski definition) is 2. The van der Waals surface area contributed by atoms with Crippen molar-refractivity contribution >= 4 is 11.8 Å². The minimum atomic E-state index is -0.503. The summed E-state index contributed by atoms with van der Waals surface area (Å²) in [5, 5.41) is 9.47. The molecule has 0 aliphatic rings. The molecule has 1 aromatic carbocycles. The molecule has 0 spiro atoms. The smallest absolute Gasteiger partial charge is 0.344 e. The van der Waals surface area contributed by atoms with Gasteiger partial charge in [0, 0.05) is 0 Å². The predicted molar refractivity (Wildman–Crippen MR) is 63.6 cm³/mol. The molecular formula is C12H15NO5. The summed E-state index contributed by atoms with van der Waals surface area (Å²) in [5.74, 6) is -0.794. The quantitative estimate of drug-likeness (QED) is 0.565. The fraction of sp³-hybridized carbons (Fsp3) is 0.333. The first-order chi connectivity index (χ1) is 8.58. The Labute approximate surface area is 104 Å². The van der Waals surface area contributed by atoms with Crippen LogP contribution < -0.4 is 10.5 Å². The van der Waals surface area contributed by atoms with Gasteiger partial charge in [-0.25, -0.2) is 4.79 Å². The van der Waals surface area contributed by atoms with E-state index in [1.165, 1.54) is 18.2 Å². The molecule has 6 nitrogen and oxygen atoms in total. The first-order valence-corrected chi connectivity index (χ1v) is 5.43. The van der Waals surface area contributed by atoms with Crippen molar-refractivity contribution in [2.45, 2.75) is 6.92 Å². The molecular weight excluding hydrogens is 238 g/mol. The topological polar surface area (TPSA) is 98.9 Å². The van der Waals surface area contributed by atoms with Gasteiger partial charge in [0.2, 0.25) is 0 Å². The van der Waals surface area contributed by atoms with Crippen LogP contribution in [-0.4, -0.2) is 36.6 Å². The van der Waals surface area contributed by atoms with E-state index >= 15 is 0 Å². The van der Waals surface area contributed by atoms with Gasteiger partial charge in [-0.15, -0.1) is 0 Å². The molecule has 18 heavy (non-hydrogen) atoms. The highest BCUT2D eigenvalue weighted by atomic mass is 16.6. The highest BCUT2D eigenvalue weighted by Gasteiger charge is 2.11. The normalized spacial score (nSPS) is 9.89. The second-order valence-electron chi connectivity index (χ2n) is 3.40. The van der Waals surface area contributed by atoms with Crippen LogP contribution in [0.25, 0.3) is 0 Å². The fourth-order valence-corrected chi connectivity index (χ4v) is 1.28. The lowest BCUT2D eigenvalue weighted by atomic mass is 10.1. The third-order valence-electron chi connectivity index (χ3n) is 2.12. The zero-order valence-electron chi connectivity index (χ0n) is 10.0. The molecule has 0 saturated carbocycles. The zero-order chi connectivity index (χ0) is 13.5. The van der Waals surface area contributed by atoms with Crippen LogP contribution in [0.1, 0.15) is 17.3 Å². The van der Waals surface area contributed by atoms with Gasteiger partial charge in [-0.1, -0.05) is 0 Å². The SMILES string of the molecule is CCOC(=O)COc1ccc(O)c(C(=O)CN)c1. The van der Waals surface area contributed by atoms with Gasteiger partial charge in [0.05, 0.1) is 18.7 Å². The first-order valence-electron chi connectivity index (χ1n) is 5.43. The molecule has 0 bridgehead atoms. The number of benzene rings is 1. The standard InChI is InChI=1S/C12H15NO5/c1-2-17-12(16)7-18-8-3-4-10(14)9(5-8)11(15)6-13/h3-5,14H,2,6-7,13H2,1H3. The summed E-state index contributed by atoms with van der Waals surface area (Å²) < 4.78 is 9.82. The van der Waals surface area contributed by atoms with E-state index in [0.29, 0.717) is 0 Å². The summed E-state index contributed by atoms with van der Waals surface area (Å²) in [6.07, 6.45) is 0. The molecule has 6 heteroatoms. The number of carbonyl (C=O) groups excluding carboxylic acids is 2. The van der Waals surface area contributed by atoms with Crippen molar-refractivity contribution in [3.8, 4) is 11.5 Å². The summed E-state index contributed by atoms with van der Waals surface area (Å²) in [4.78, 5) is 22.5. The van der Waals surface area contributed by atoms with Gasteiger partial charge in [0.25, 0.3) is 0 Å². The number of Topliss-reactive ketones (excluding diaryl/α,β-unsaturated/α-hetero) is 1. The number of rotatable bonds is 6. The highest BCUT2D eigenvalue weighted by molar-refractivity contribution is 6.00. The highest BCUT2D eigenvalue weighted by Crippen LogP contribution is 2.23. The van der Waals surface area contributed by atoms with Crippen molar-refractivity contribution in [3.05, 3.63) is 23.8 Å². The van der Waals surface area contributed by atoms with Gasteiger partial charge >= 0.3 is 5.97 Å². The number of nitrogens with two attached hydrogens (primary N) is 1. The average molecular weight is 253 g/mol. The second kappa shape index (κ2) is 6.61. The number of phenolic OH excluding ortho intramolecular Hbond substituents is 1. The monoisotopic (exact) mass is 253 g/mol. The molecule has 1 rings (SSSR count). The Hall–Kier alpha value is -2.08. The number of carbonyl (C=O) groups is 2. The molecule has 0 atom stereocenters. The van der Waals surface area contributed by atoms with E-state index in [1.807, 2.05) is 0 Å². The number of esters is 1. The second-order valence-corrected chi connectivity index (χ2v) is 3.40. The molecule has 0 aromatic heterocycles. The van der Waals surface area contributed by atoms with Crippen LogP contribution in [-0.2, 0) is 9.53 Å². The van der Waals surface area contributed by atoms with Crippen LogP contribution in [0.2, 0.25) is 0 Å². The summed E-state index contributed by atoms with van der Waals surface area (Å²) in [7, 11) is 0. The molecule has 0 aliphatic carbocycles. The lowest BCUT2D eigenvalue weighted by Gasteiger charge is -2.08. The van der Waals surface area contributed by atoms with Crippen molar-refractivity contribution in [1.29, 1.82) is 0 Å². The largest absolute Gasteiger partial charge is 0.507 e. The molecule has 3 N–H and O–H groups in total. The first kappa shape index (κ1) is 14.0. The lowest BCUT2D eigenvalue weighted by Crippen LogP contribution is -2.16. The third kappa shape index (κ3) is 3.74. The van der Waals surface area contributed by atoms with Crippen molar-refractivity contribution in [2.75, 3.05) is 19.8 Å². The Bertz CT molecular complexity index is 444. The van der Waals surface area contributed by atoms with E-state index in [1.54, 1.807) is 6.92 Å². The Kier molecular flexibility index (Phi) is 5.13. The molecule has 0 heterocycles. The summed E-state index contributed by atoms with van der Waals surface area (Å²) >= 11 is 0. The van der Waals surface area contributed by atoms with Crippen LogP contribution >= 0.6 is 0 Å². The maximum Gasteiger partial charge on any atom is 0.344 e. The van der Waals surface area contributed by atoms with E-state index in [4.69, 9.17) is 10.5 Å². The number of hydrogen-bond acceptors (Lipinski definition) is 6.